The van der Waals surface area contributed by atoms with Crippen molar-refractivity contribution in [2.75, 3.05) is 11.9 Å². The lowest BCUT2D eigenvalue weighted by atomic mass is 10.2. The van der Waals surface area contributed by atoms with E-state index >= 15 is 0 Å². The molecular weight excluding hydrogens is 234 g/mol. The Balaban J connectivity index is 3.03. The third-order valence-corrected chi connectivity index (χ3v) is 2.27. The summed E-state index contributed by atoms with van der Waals surface area (Å²) in [6.07, 6.45) is 0. The van der Waals surface area contributed by atoms with Crippen molar-refractivity contribution in [3.05, 3.63) is 28.2 Å². The van der Waals surface area contributed by atoms with Crippen molar-refractivity contribution >= 4 is 27.6 Å². The fourth-order valence-electron chi connectivity index (χ4n) is 0.984. The van der Waals surface area contributed by atoms with Gasteiger partial charge >= 0.3 is 5.97 Å². The molecule has 1 rings (SSSR count). The van der Waals surface area contributed by atoms with Gasteiger partial charge in [-0.15, -0.1) is 0 Å². The van der Waals surface area contributed by atoms with Crippen LogP contribution in [0, 0.1) is 0 Å². The number of hydrogen-bond acceptors (Lipinski definition) is 2. The zero-order valence-electron chi connectivity index (χ0n) is 7.17. The van der Waals surface area contributed by atoms with Crippen LogP contribution in [0.1, 0.15) is 17.3 Å². The number of carbonyl (C=O) groups is 1. The molecule has 1 aromatic carbocycles. The topological polar surface area (TPSA) is 49.3 Å². The van der Waals surface area contributed by atoms with Crippen molar-refractivity contribution < 1.29 is 9.90 Å². The summed E-state index contributed by atoms with van der Waals surface area (Å²) >= 11 is 3.33. The van der Waals surface area contributed by atoms with Crippen molar-refractivity contribution in [2.24, 2.45) is 0 Å². The lowest BCUT2D eigenvalue weighted by Gasteiger charge is -2.06. The van der Waals surface area contributed by atoms with Crippen LogP contribution in [-0.4, -0.2) is 17.6 Å². The Hall–Kier alpha value is -1.03. The maximum absolute atomic E-state index is 10.6. The largest absolute Gasteiger partial charge is 0.478 e. The molecule has 13 heavy (non-hydrogen) atoms. The van der Waals surface area contributed by atoms with Gasteiger partial charge in [0.1, 0.15) is 0 Å². The van der Waals surface area contributed by atoms with Crippen LogP contribution in [0.15, 0.2) is 22.7 Å². The third kappa shape index (κ3) is 2.45. The first-order chi connectivity index (χ1) is 6.15. The van der Waals surface area contributed by atoms with E-state index in [2.05, 4.69) is 21.2 Å². The molecule has 2 N–H and O–H groups in total. The van der Waals surface area contributed by atoms with Gasteiger partial charge in [-0.3, -0.25) is 0 Å². The monoisotopic (exact) mass is 243 g/mol. The second-order valence-electron chi connectivity index (χ2n) is 2.53. The minimum absolute atomic E-state index is 0.291. The Morgan fingerprint density at radius 2 is 2.31 bits per heavy atom. The summed E-state index contributed by atoms with van der Waals surface area (Å²) in [7, 11) is 0. The highest BCUT2D eigenvalue weighted by molar-refractivity contribution is 9.10. The number of benzene rings is 1. The lowest BCUT2D eigenvalue weighted by molar-refractivity contribution is 0.0697. The summed E-state index contributed by atoms with van der Waals surface area (Å²) in [6.45, 7) is 2.72. The Morgan fingerprint density at radius 3 is 2.85 bits per heavy atom. The fourth-order valence-corrected chi connectivity index (χ4v) is 1.37. The van der Waals surface area contributed by atoms with Gasteiger partial charge in [-0.05, 0) is 41.1 Å². The van der Waals surface area contributed by atoms with Crippen molar-refractivity contribution in [2.45, 2.75) is 6.92 Å². The van der Waals surface area contributed by atoms with Crippen molar-refractivity contribution in [3.8, 4) is 0 Å². The van der Waals surface area contributed by atoms with E-state index in [9.17, 15) is 4.79 Å². The average molecular weight is 244 g/mol. The molecule has 0 aromatic heterocycles. The molecule has 0 unspecified atom stereocenters. The highest BCUT2D eigenvalue weighted by atomic mass is 79.9. The number of halogens is 1. The summed E-state index contributed by atoms with van der Waals surface area (Å²) in [5, 5.41) is 11.8. The predicted octanol–water partition coefficient (Wildman–Crippen LogP) is 2.58. The first-order valence-electron chi connectivity index (χ1n) is 3.92. The van der Waals surface area contributed by atoms with Crippen LogP contribution < -0.4 is 5.32 Å². The molecule has 0 spiro atoms. The van der Waals surface area contributed by atoms with Crippen molar-refractivity contribution in [3.63, 3.8) is 0 Å². The van der Waals surface area contributed by atoms with Crippen LogP contribution in [0.3, 0.4) is 0 Å². The van der Waals surface area contributed by atoms with Crippen molar-refractivity contribution in [1.82, 2.24) is 0 Å². The number of carboxylic acids is 1. The molecule has 0 atom stereocenters. The Labute approximate surface area is 84.9 Å². The number of carboxylic acid groups (broad SMARTS) is 1. The van der Waals surface area contributed by atoms with Gasteiger partial charge in [0.2, 0.25) is 0 Å². The minimum atomic E-state index is -0.911. The van der Waals surface area contributed by atoms with Crippen LogP contribution in [-0.2, 0) is 0 Å². The van der Waals surface area contributed by atoms with Crippen LogP contribution >= 0.6 is 15.9 Å². The van der Waals surface area contributed by atoms with E-state index in [0.717, 1.165) is 16.7 Å². The number of rotatable bonds is 3. The lowest BCUT2D eigenvalue weighted by Crippen LogP contribution is -2.01. The Morgan fingerprint density at radius 1 is 1.62 bits per heavy atom. The minimum Gasteiger partial charge on any atom is -0.478 e. The molecule has 1 aromatic rings. The van der Waals surface area contributed by atoms with Crippen molar-refractivity contribution in [1.29, 1.82) is 0 Å². The molecule has 70 valence electrons. The highest BCUT2D eigenvalue weighted by Crippen LogP contribution is 2.23. The first-order valence-corrected chi connectivity index (χ1v) is 4.71. The normalized spacial score (nSPS) is 9.69. The molecule has 0 aliphatic carbocycles. The Kier molecular flexibility index (Phi) is 3.31. The standard InChI is InChI=1S/C9H10BrNO2/c1-2-11-8-5-6(9(12)13)3-4-7(8)10/h3-5,11H,2H2,1H3,(H,12,13). The van der Waals surface area contributed by atoms with Crippen LogP contribution in [0.25, 0.3) is 0 Å². The maximum atomic E-state index is 10.6. The van der Waals surface area contributed by atoms with Crippen LogP contribution in [0.4, 0.5) is 5.69 Å². The highest BCUT2D eigenvalue weighted by Gasteiger charge is 2.05. The van der Waals surface area contributed by atoms with Crippen LogP contribution in [0.2, 0.25) is 0 Å². The maximum Gasteiger partial charge on any atom is 0.335 e. The second kappa shape index (κ2) is 4.28. The third-order valence-electron chi connectivity index (χ3n) is 1.58. The van der Waals surface area contributed by atoms with E-state index in [1.165, 1.54) is 0 Å². The summed E-state index contributed by atoms with van der Waals surface area (Å²) in [5.41, 5.74) is 1.10. The molecular formula is C9H10BrNO2. The fraction of sp³-hybridized carbons (Fsp3) is 0.222. The van der Waals surface area contributed by atoms with E-state index < -0.39 is 5.97 Å². The summed E-state index contributed by atoms with van der Waals surface area (Å²) in [4.78, 5) is 10.6. The van der Waals surface area contributed by atoms with E-state index in [0.29, 0.717) is 5.56 Å². The van der Waals surface area contributed by atoms with E-state index in [-0.39, 0.29) is 0 Å². The zero-order chi connectivity index (χ0) is 9.84. The van der Waals surface area contributed by atoms with Crippen LogP contribution in [0.5, 0.6) is 0 Å². The summed E-state index contributed by atoms with van der Waals surface area (Å²) in [5.74, 6) is -0.911. The SMILES string of the molecule is CCNc1cc(C(=O)O)ccc1Br. The van der Waals surface area contributed by atoms with Gasteiger partial charge in [0.15, 0.2) is 0 Å². The summed E-state index contributed by atoms with van der Waals surface area (Å²) in [6, 6.07) is 4.89. The molecule has 0 saturated carbocycles. The molecule has 0 bridgehead atoms. The first kappa shape index (κ1) is 10.1. The molecule has 0 fully saturated rings. The molecule has 0 saturated heterocycles. The molecule has 0 amide bonds. The van der Waals surface area contributed by atoms with Gasteiger partial charge in [-0.2, -0.15) is 0 Å². The van der Waals surface area contributed by atoms with Gasteiger partial charge in [-0.25, -0.2) is 4.79 Å². The number of hydrogen-bond donors (Lipinski definition) is 2. The van der Waals surface area contributed by atoms with E-state index in [1.54, 1.807) is 18.2 Å². The number of nitrogens with one attached hydrogen (secondary N) is 1. The number of aromatic carboxylic acids is 1. The molecule has 0 aliphatic rings. The second-order valence-corrected chi connectivity index (χ2v) is 3.38. The van der Waals surface area contributed by atoms with Gasteiger partial charge in [0, 0.05) is 16.7 Å². The van der Waals surface area contributed by atoms with Gasteiger partial charge in [-0.1, -0.05) is 0 Å². The predicted molar refractivity (Wildman–Crippen MR) is 55.3 cm³/mol. The molecule has 0 aliphatic heterocycles. The molecule has 0 heterocycles. The van der Waals surface area contributed by atoms with Gasteiger partial charge < -0.3 is 10.4 Å². The molecule has 3 nitrogen and oxygen atoms in total. The quantitative estimate of drug-likeness (QED) is 0.859. The number of anilines is 1. The Bertz CT molecular complexity index is 325. The van der Waals surface area contributed by atoms with Gasteiger partial charge in [0.05, 0.1) is 5.56 Å². The van der Waals surface area contributed by atoms with E-state index in [4.69, 9.17) is 5.11 Å². The zero-order valence-corrected chi connectivity index (χ0v) is 8.76. The average Bonchev–Trinajstić information content (AvgIpc) is 2.08. The summed E-state index contributed by atoms with van der Waals surface area (Å²) < 4.78 is 0.874. The van der Waals surface area contributed by atoms with Gasteiger partial charge in [0.25, 0.3) is 0 Å². The smallest absolute Gasteiger partial charge is 0.335 e. The van der Waals surface area contributed by atoms with E-state index in [1.807, 2.05) is 6.92 Å². The molecule has 0 radical (unpaired) electrons. The molecule has 4 heteroatoms.